The molecule has 2 amide bonds. The summed E-state index contributed by atoms with van der Waals surface area (Å²) >= 11 is 1.70. The third kappa shape index (κ3) is 3.60. The number of aliphatic hydroxyl groups excluding tert-OH is 1. The standard InChI is InChI=1S/C18H23N3O2S/c1-2-14-11-20-17(24-14)7-9-19-18(23)21-10-8-13-5-3-4-6-15(13)16(21)12-22/h3-6,11,16,22H,2,7-10,12H2,1H3,(H,19,23). The molecule has 6 heteroatoms. The molecule has 0 saturated heterocycles. The first-order valence-electron chi connectivity index (χ1n) is 8.39. The van der Waals surface area contributed by atoms with Crippen molar-refractivity contribution in [2.24, 2.45) is 0 Å². The van der Waals surface area contributed by atoms with E-state index < -0.39 is 0 Å². The summed E-state index contributed by atoms with van der Waals surface area (Å²) in [7, 11) is 0. The van der Waals surface area contributed by atoms with Crippen LogP contribution in [0, 0.1) is 0 Å². The van der Waals surface area contributed by atoms with E-state index in [1.165, 1.54) is 10.4 Å². The summed E-state index contributed by atoms with van der Waals surface area (Å²) in [5.74, 6) is 0. The van der Waals surface area contributed by atoms with Gasteiger partial charge in [-0.05, 0) is 24.0 Å². The maximum Gasteiger partial charge on any atom is 0.318 e. The Morgan fingerprint density at radius 1 is 1.46 bits per heavy atom. The molecule has 0 bridgehead atoms. The van der Waals surface area contributed by atoms with E-state index in [4.69, 9.17) is 0 Å². The molecule has 1 aliphatic rings. The summed E-state index contributed by atoms with van der Waals surface area (Å²) < 4.78 is 0. The summed E-state index contributed by atoms with van der Waals surface area (Å²) in [6, 6.07) is 7.65. The number of aliphatic hydroxyl groups is 1. The van der Waals surface area contributed by atoms with Crippen LogP contribution in [0.3, 0.4) is 0 Å². The zero-order valence-corrected chi connectivity index (χ0v) is 14.7. The van der Waals surface area contributed by atoms with Gasteiger partial charge in [0.05, 0.1) is 17.7 Å². The maximum atomic E-state index is 12.5. The summed E-state index contributed by atoms with van der Waals surface area (Å²) in [6.07, 6.45) is 4.47. The molecule has 1 unspecified atom stereocenters. The van der Waals surface area contributed by atoms with Gasteiger partial charge in [-0.2, -0.15) is 0 Å². The molecule has 0 saturated carbocycles. The number of rotatable bonds is 5. The number of benzene rings is 1. The molecule has 2 aromatic rings. The molecule has 3 rings (SSSR count). The first-order chi connectivity index (χ1) is 11.7. The van der Waals surface area contributed by atoms with Gasteiger partial charge >= 0.3 is 6.03 Å². The summed E-state index contributed by atoms with van der Waals surface area (Å²) in [5.41, 5.74) is 2.27. The summed E-state index contributed by atoms with van der Waals surface area (Å²) in [5, 5.41) is 13.8. The van der Waals surface area contributed by atoms with E-state index in [2.05, 4.69) is 23.3 Å². The molecule has 24 heavy (non-hydrogen) atoms. The normalized spacial score (nSPS) is 16.8. The van der Waals surface area contributed by atoms with Crippen LogP contribution in [0.5, 0.6) is 0 Å². The zero-order valence-electron chi connectivity index (χ0n) is 13.9. The Balaban J connectivity index is 1.58. The first-order valence-corrected chi connectivity index (χ1v) is 9.21. The van der Waals surface area contributed by atoms with Crippen molar-refractivity contribution in [1.29, 1.82) is 0 Å². The van der Waals surface area contributed by atoms with Gasteiger partial charge in [0, 0.05) is 30.6 Å². The Kier molecular flexibility index (Phi) is 5.48. The van der Waals surface area contributed by atoms with Gasteiger partial charge in [0.15, 0.2) is 0 Å². The highest BCUT2D eigenvalue weighted by molar-refractivity contribution is 7.11. The molecule has 0 fully saturated rings. The van der Waals surface area contributed by atoms with Gasteiger partial charge in [-0.3, -0.25) is 0 Å². The van der Waals surface area contributed by atoms with Crippen LogP contribution < -0.4 is 5.32 Å². The quantitative estimate of drug-likeness (QED) is 0.875. The van der Waals surface area contributed by atoms with E-state index in [1.54, 1.807) is 16.2 Å². The molecule has 1 aliphatic heterocycles. The Hall–Kier alpha value is -1.92. The number of urea groups is 1. The van der Waals surface area contributed by atoms with Gasteiger partial charge in [-0.1, -0.05) is 31.2 Å². The second-order valence-corrected chi connectivity index (χ2v) is 7.10. The van der Waals surface area contributed by atoms with Gasteiger partial charge in [-0.15, -0.1) is 11.3 Å². The van der Waals surface area contributed by atoms with Crippen molar-refractivity contribution in [1.82, 2.24) is 15.2 Å². The second-order valence-electron chi connectivity index (χ2n) is 5.90. The van der Waals surface area contributed by atoms with Crippen molar-refractivity contribution in [3.8, 4) is 0 Å². The van der Waals surface area contributed by atoms with Crippen LogP contribution in [-0.2, 0) is 19.3 Å². The number of carbonyl (C=O) groups is 1. The number of fused-ring (bicyclic) bond motifs is 1. The van der Waals surface area contributed by atoms with Crippen molar-refractivity contribution in [3.63, 3.8) is 0 Å². The molecule has 1 aromatic carbocycles. The molecular weight excluding hydrogens is 322 g/mol. The molecule has 0 spiro atoms. The van der Waals surface area contributed by atoms with Crippen LogP contribution in [0.4, 0.5) is 4.79 Å². The van der Waals surface area contributed by atoms with E-state index in [-0.39, 0.29) is 18.7 Å². The lowest BCUT2D eigenvalue weighted by Crippen LogP contribution is -2.47. The number of thiazole rings is 1. The Labute approximate surface area is 146 Å². The van der Waals surface area contributed by atoms with Crippen LogP contribution in [0.1, 0.15) is 34.0 Å². The van der Waals surface area contributed by atoms with Crippen molar-refractivity contribution >= 4 is 17.4 Å². The smallest absolute Gasteiger partial charge is 0.318 e. The number of hydrogen-bond donors (Lipinski definition) is 2. The lowest BCUT2D eigenvalue weighted by molar-refractivity contribution is 0.127. The fourth-order valence-corrected chi connectivity index (χ4v) is 3.96. The van der Waals surface area contributed by atoms with Crippen molar-refractivity contribution in [2.75, 3.05) is 19.7 Å². The lowest BCUT2D eigenvalue weighted by atomic mass is 9.93. The maximum absolute atomic E-state index is 12.5. The van der Waals surface area contributed by atoms with E-state index in [0.717, 1.165) is 29.8 Å². The number of hydrogen-bond acceptors (Lipinski definition) is 4. The number of amides is 2. The van der Waals surface area contributed by atoms with Crippen LogP contribution in [-0.4, -0.2) is 40.7 Å². The van der Waals surface area contributed by atoms with Gasteiger partial charge in [0.25, 0.3) is 0 Å². The average Bonchev–Trinajstić information content (AvgIpc) is 3.08. The van der Waals surface area contributed by atoms with Crippen LogP contribution in [0.2, 0.25) is 0 Å². The van der Waals surface area contributed by atoms with Crippen molar-refractivity contribution < 1.29 is 9.90 Å². The van der Waals surface area contributed by atoms with E-state index >= 15 is 0 Å². The average molecular weight is 345 g/mol. The molecule has 1 aromatic heterocycles. The summed E-state index contributed by atoms with van der Waals surface area (Å²) in [6.45, 7) is 3.25. The molecular formula is C18H23N3O2S. The van der Waals surface area contributed by atoms with Gasteiger partial charge in [-0.25, -0.2) is 9.78 Å². The van der Waals surface area contributed by atoms with Crippen LogP contribution >= 0.6 is 11.3 Å². The molecule has 2 heterocycles. The van der Waals surface area contributed by atoms with Crippen LogP contribution in [0.15, 0.2) is 30.5 Å². The van der Waals surface area contributed by atoms with Crippen LogP contribution in [0.25, 0.3) is 0 Å². The molecule has 2 N–H and O–H groups in total. The lowest BCUT2D eigenvalue weighted by Gasteiger charge is -2.36. The largest absolute Gasteiger partial charge is 0.394 e. The van der Waals surface area contributed by atoms with Gasteiger partial charge in [0.1, 0.15) is 0 Å². The summed E-state index contributed by atoms with van der Waals surface area (Å²) in [4.78, 5) is 19.9. The fourth-order valence-electron chi connectivity index (χ4n) is 3.10. The molecule has 0 aliphatic carbocycles. The third-order valence-electron chi connectivity index (χ3n) is 4.41. The minimum atomic E-state index is -0.262. The Morgan fingerprint density at radius 3 is 3.04 bits per heavy atom. The second kappa shape index (κ2) is 7.77. The predicted octanol–water partition coefficient (Wildman–Crippen LogP) is 2.55. The number of nitrogens with zero attached hydrogens (tertiary/aromatic N) is 2. The van der Waals surface area contributed by atoms with Gasteiger partial charge in [0.2, 0.25) is 0 Å². The van der Waals surface area contributed by atoms with E-state index in [1.807, 2.05) is 24.4 Å². The molecule has 128 valence electrons. The number of nitrogens with one attached hydrogen (secondary N) is 1. The highest BCUT2D eigenvalue weighted by atomic mass is 32.1. The fraction of sp³-hybridized carbons (Fsp3) is 0.444. The number of aromatic nitrogens is 1. The minimum Gasteiger partial charge on any atom is -0.394 e. The molecule has 1 atom stereocenters. The Morgan fingerprint density at radius 2 is 2.29 bits per heavy atom. The van der Waals surface area contributed by atoms with E-state index in [0.29, 0.717) is 13.1 Å². The first kappa shape index (κ1) is 16.9. The Bertz CT molecular complexity index is 701. The zero-order chi connectivity index (χ0) is 16.9. The molecule has 0 radical (unpaired) electrons. The topological polar surface area (TPSA) is 65.5 Å². The monoisotopic (exact) mass is 345 g/mol. The SMILES string of the molecule is CCc1cnc(CCNC(=O)N2CCc3ccccc3C2CO)s1. The number of carbonyl (C=O) groups excluding carboxylic acids is 1. The van der Waals surface area contributed by atoms with E-state index in [9.17, 15) is 9.90 Å². The van der Waals surface area contributed by atoms with Crippen molar-refractivity contribution in [3.05, 3.63) is 51.5 Å². The number of aryl methyl sites for hydroxylation is 1. The highest BCUT2D eigenvalue weighted by Gasteiger charge is 2.29. The third-order valence-corrected chi connectivity index (χ3v) is 5.61. The highest BCUT2D eigenvalue weighted by Crippen LogP contribution is 2.29. The van der Waals surface area contributed by atoms with Crippen molar-refractivity contribution in [2.45, 2.75) is 32.2 Å². The minimum absolute atomic E-state index is 0.0588. The predicted molar refractivity (Wildman–Crippen MR) is 95.3 cm³/mol. The molecule has 5 nitrogen and oxygen atoms in total. The van der Waals surface area contributed by atoms with Gasteiger partial charge < -0.3 is 15.3 Å².